The van der Waals surface area contributed by atoms with E-state index in [0.29, 0.717) is 5.92 Å². The van der Waals surface area contributed by atoms with Crippen LogP contribution < -0.4 is 5.73 Å². The van der Waals surface area contributed by atoms with Crippen molar-refractivity contribution in [1.29, 1.82) is 0 Å². The van der Waals surface area contributed by atoms with E-state index in [-0.39, 0.29) is 18.4 Å². The Labute approximate surface area is 114 Å². The van der Waals surface area contributed by atoms with E-state index in [1.54, 1.807) is 0 Å². The fraction of sp³-hybridized carbons (Fsp3) is 0.455. The molecule has 15 heavy (non-hydrogen) atoms. The highest BCUT2D eigenvalue weighted by Crippen LogP contribution is 2.27. The predicted molar refractivity (Wildman–Crippen MR) is 75.5 cm³/mol. The van der Waals surface area contributed by atoms with Crippen molar-refractivity contribution in [1.82, 2.24) is 0 Å². The van der Waals surface area contributed by atoms with Crippen molar-refractivity contribution in [2.24, 2.45) is 11.7 Å². The van der Waals surface area contributed by atoms with Gasteiger partial charge >= 0.3 is 0 Å². The second kappa shape index (κ2) is 6.89. The van der Waals surface area contributed by atoms with E-state index in [1.807, 2.05) is 6.07 Å². The van der Waals surface area contributed by atoms with Crippen LogP contribution in [-0.2, 0) is 0 Å². The molecule has 1 aromatic rings. The lowest BCUT2D eigenvalue weighted by atomic mass is 9.93. The summed E-state index contributed by atoms with van der Waals surface area (Å²) in [6.07, 6.45) is 1.10. The van der Waals surface area contributed by atoms with E-state index < -0.39 is 0 Å². The number of halogens is 3. The summed E-state index contributed by atoms with van der Waals surface area (Å²) in [6, 6.07) is 6.31. The van der Waals surface area contributed by atoms with Gasteiger partial charge in [0, 0.05) is 15.0 Å². The molecule has 1 unspecified atom stereocenters. The van der Waals surface area contributed by atoms with Crippen LogP contribution in [0.1, 0.15) is 31.9 Å². The summed E-state index contributed by atoms with van der Waals surface area (Å²) in [5.74, 6) is 0.510. The van der Waals surface area contributed by atoms with Crippen molar-refractivity contribution < 1.29 is 0 Å². The average Bonchev–Trinajstić information content (AvgIpc) is 2.14. The summed E-state index contributed by atoms with van der Waals surface area (Å²) in [6.45, 7) is 4.34. The van der Waals surface area contributed by atoms with Gasteiger partial charge in [-0.2, -0.15) is 0 Å². The highest BCUT2D eigenvalue weighted by Gasteiger charge is 2.13. The summed E-state index contributed by atoms with van der Waals surface area (Å²) in [5, 5.41) is 0. The van der Waals surface area contributed by atoms with Crippen molar-refractivity contribution in [3.8, 4) is 0 Å². The zero-order valence-electron chi connectivity index (χ0n) is 8.84. The van der Waals surface area contributed by atoms with Crippen LogP contribution in [0.15, 0.2) is 27.1 Å². The fourth-order valence-corrected chi connectivity index (χ4v) is 2.68. The maximum atomic E-state index is 6.15. The summed E-state index contributed by atoms with van der Waals surface area (Å²) >= 11 is 6.93. The molecule has 0 aromatic heterocycles. The molecule has 0 aliphatic carbocycles. The van der Waals surface area contributed by atoms with Crippen LogP contribution in [0.25, 0.3) is 0 Å². The summed E-state index contributed by atoms with van der Waals surface area (Å²) < 4.78 is 2.14. The van der Waals surface area contributed by atoms with Crippen LogP contribution in [0.3, 0.4) is 0 Å². The quantitative estimate of drug-likeness (QED) is 0.835. The standard InChI is InChI=1S/C11H15Br2N.ClH/c1-3-7(2)11(14)8-4-9(12)6-10(13)5-8;/h4-7,11H,3,14H2,1-2H3;1H/t7?,11-;/m1./s1. The number of rotatable bonds is 3. The van der Waals surface area contributed by atoms with Gasteiger partial charge in [-0.15, -0.1) is 12.4 Å². The molecule has 0 saturated heterocycles. The maximum Gasteiger partial charge on any atom is 0.0321 e. The van der Waals surface area contributed by atoms with Crippen molar-refractivity contribution >= 4 is 44.3 Å². The van der Waals surface area contributed by atoms with Crippen LogP contribution in [0.5, 0.6) is 0 Å². The topological polar surface area (TPSA) is 26.0 Å². The zero-order valence-corrected chi connectivity index (χ0v) is 12.8. The molecular formula is C11H16Br2ClN. The monoisotopic (exact) mass is 355 g/mol. The van der Waals surface area contributed by atoms with Gasteiger partial charge in [0.25, 0.3) is 0 Å². The van der Waals surface area contributed by atoms with E-state index in [9.17, 15) is 0 Å². The van der Waals surface area contributed by atoms with E-state index in [4.69, 9.17) is 5.73 Å². The molecule has 1 rings (SSSR count). The molecule has 0 heterocycles. The second-order valence-electron chi connectivity index (χ2n) is 3.61. The molecule has 0 bridgehead atoms. The Morgan fingerprint density at radius 1 is 1.20 bits per heavy atom. The Morgan fingerprint density at radius 2 is 1.67 bits per heavy atom. The smallest absolute Gasteiger partial charge is 0.0321 e. The third-order valence-corrected chi connectivity index (χ3v) is 3.44. The minimum atomic E-state index is 0. The average molecular weight is 358 g/mol. The van der Waals surface area contributed by atoms with Crippen molar-refractivity contribution in [3.63, 3.8) is 0 Å². The minimum Gasteiger partial charge on any atom is -0.324 e. The first kappa shape index (κ1) is 15.4. The third-order valence-electron chi connectivity index (χ3n) is 2.53. The molecule has 0 radical (unpaired) electrons. The summed E-state index contributed by atoms with van der Waals surface area (Å²) in [7, 11) is 0. The Balaban J connectivity index is 0.00000196. The van der Waals surface area contributed by atoms with Crippen LogP contribution in [-0.4, -0.2) is 0 Å². The zero-order chi connectivity index (χ0) is 10.7. The van der Waals surface area contributed by atoms with Gasteiger partial charge in [0.2, 0.25) is 0 Å². The third kappa shape index (κ3) is 4.43. The molecular weight excluding hydrogens is 341 g/mol. The number of hydrogen-bond acceptors (Lipinski definition) is 1. The molecule has 0 saturated carbocycles. The van der Waals surface area contributed by atoms with Gasteiger partial charge in [-0.25, -0.2) is 0 Å². The first-order valence-corrected chi connectivity index (χ1v) is 6.34. The van der Waals surface area contributed by atoms with E-state index in [2.05, 4.69) is 57.8 Å². The largest absolute Gasteiger partial charge is 0.324 e. The Bertz CT molecular complexity index is 297. The first-order valence-electron chi connectivity index (χ1n) is 4.76. The van der Waals surface area contributed by atoms with Crippen molar-refractivity contribution in [2.75, 3.05) is 0 Å². The van der Waals surface area contributed by atoms with Gasteiger partial charge < -0.3 is 5.73 Å². The first-order chi connectivity index (χ1) is 6.54. The van der Waals surface area contributed by atoms with Crippen LogP contribution in [0.4, 0.5) is 0 Å². The highest BCUT2D eigenvalue weighted by atomic mass is 79.9. The molecule has 0 fully saturated rings. The number of nitrogens with two attached hydrogens (primary N) is 1. The summed E-state index contributed by atoms with van der Waals surface area (Å²) in [4.78, 5) is 0. The van der Waals surface area contributed by atoms with E-state index >= 15 is 0 Å². The van der Waals surface area contributed by atoms with Gasteiger partial charge in [-0.05, 0) is 29.7 Å². The maximum absolute atomic E-state index is 6.15. The normalized spacial score (nSPS) is 14.2. The minimum absolute atomic E-state index is 0. The molecule has 0 aliphatic rings. The fourth-order valence-electron chi connectivity index (χ4n) is 1.35. The van der Waals surface area contributed by atoms with Crippen LogP contribution >= 0.6 is 44.3 Å². The molecule has 0 spiro atoms. The molecule has 0 amide bonds. The Hall–Kier alpha value is 0.430. The lowest BCUT2D eigenvalue weighted by molar-refractivity contribution is 0.456. The molecule has 2 atom stereocenters. The van der Waals surface area contributed by atoms with Crippen molar-refractivity contribution in [3.05, 3.63) is 32.7 Å². The molecule has 2 N–H and O–H groups in total. The molecule has 86 valence electrons. The van der Waals surface area contributed by atoms with E-state index in [0.717, 1.165) is 15.4 Å². The van der Waals surface area contributed by atoms with Crippen LogP contribution in [0.2, 0.25) is 0 Å². The molecule has 4 heteroatoms. The lowest BCUT2D eigenvalue weighted by Gasteiger charge is -2.19. The van der Waals surface area contributed by atoms with Gasteiger partial charge in [0.1, 0.15) is 0 Å². The Kier molecular flexibility index (Phi) is 7.09. The number of hydrogen-bond donors (Lipinski definition) is 1. The second-order valence-corrected chi connectivity index (χ2v) is 5.45. The predicted octanol–water partition coefficient (Wildman–Crippen LogP) is 4.68. The van der Waals surface area contributed by atoms with Gasteiger partial charge in [-0.1, -0.05) is 52.1 Å². The molecule has 1 aromatic carbocycles. The van der Waals surface area contributed by atoms with E-state index in [1.165, 1.54) is 5.56 Å². The SMILES string of the molecule is CCC(C)[C@@H](N)c1cc(Br)cc(Br)c1.Cl. The molecule has 0 aliphatic heterocycles. The molecule has 1 nitrogen and oxygen atoms in total. The lowest BCUT2D eigenvalue weighted by Crippen LogP contribution is -2.18. The van der Waals surface area contributed by atoms with Gasteiger partial charge in [-0.3, -0.25) is 0 Å². The Morgan fingerprint density at radius 3 is 2.07 bits per heavy atom. The summed E-state index contributed by atoms with van der Waals surface area (Å²) in [5.41, 5.74) is 7.33. The number of benzene rings is 1. The van der Waals surface area contributed by atoms with Crippen molar-refractivity contribution in [2.45, 2.75) is 26.3 Å². The van der Waals surface area contributed by atoms with Gasteiger partial charge in [0.15, 0.2) is 0 Å². The van der Waals surface area contributed by atoms with Crippen LogP contribution in [0, 0.1) is 5.92 Å². The van der Waals surface area contributed by atoms with Gasteiger partial charge in [0.05, 0.1) is 0 Å². The highest BCUT2D eigenvalue weighted by molar-refractivity contribution is 9.11.